The SMILES string of the molecule is Cc1cccc(CN2CC[C@@]3(CCC[C@@H]3C(=O)N3CC(F)(F)C3)C2)n1. The molecule has 3 fully saturated rings. The summed E-state index contributed by atoms with van der Waals surface area (Å²) in [6, 6.07) is 6.05. The molecule has 1 saturated carbocycles. The van der Waals surface area contributed by atoms with Crippen molar-refractivity contribution in [2.75, 3.05) is 26.2 Å². The van der Waals surface area contributed by atoms with Crippen molar-refractivity contribution >= 4 is 5.91 Å². The normalized spacial score (nSPS) is 31.5. The molecule has 6 heteroatoms. The number of aromatic nitrogens is 1. The summed E-state index contributed by atoms with van der Waals surface area (Å²) < 4.78 is 26.3. The fourth-order valence-electron chi connectivity index (χ4n) is 4.94. The second-order valence-corrected chi connectivity index (χ2v) is 8.09. The Morgan fingerprint density at radius 3 is 2.80 bits per heavy atom. The Morgan fingerprint density at radius 2 is 2.08 bits per heavy atom. The van der Waals surface area contributed by atoms with E-state index in [0.717, 1.165) is 56.7 Å². The Morgan fingerprint density at radius 1 is 1.28 bits per heavy atom. The molecule has 0 aromatic carbocycles. The number of hydrogen-bond acceptors (Lipinski definition) is 3. The van der Waals surface area contributed by atoms with Crippen LogP contribution in [0.2, 0.25) is 0 Å². The lowest BCUT2D eigenvalue weighted by Gasteiger charge is -2.42. The number of likely N-dealkylation sites (tertiary alicyclic amines) is 2. The van der Waals surface area contributed by atoms with Crippen LogP contribution in [0.25, 0.3) is 0 Å². The monoisotopic (exact) mass is 349 g/mol. The number of pyridine rings is 1. The average Bonchev–Trinajstić information content (AvgIpc) is 3.12. The summed E-state index contributed by atoms with van der Waals surface area (Å²) in [5, 5.41) is 0. The standard InChI is InChI=1S/C19H25F2N3O/c1-14-4-2-5-15(22-14)10-23-9-8-18(11-23)7-3-6-16(18)17(25)24-12-19(20,21)13-24/h2,4-5,16H,3,6-13H2,1H3/t16-,18+/m1/s1. The predicted octanol–water partition coefficient (Wildman–Crippen LogP) is 2.86. The maximum atomic E-state index is 13.1. The summed E-state index contributed by atoms with van der Waals surface area (Å²) in [5.74, 6) is -2.81. The lowest BCUT2D eigenvalue weighted by atomic mass is 9.76. The Hall–Kier alpha value is -1.56. The van der Waals surface area contributed by atoms with Crippen molar-refractivity contribution in [2.45, 2.75) is 45.1 Å². The first-order valence-corrected chi connectivity index (χ1v) is 9.18. The van der Waals surface area contributed by atoms with Crippen LogP contribution in [0.15, 0.2) is 18.2 Å². The lowest BCUT2D eigenvalue weighted by molar-refractivity contribution is -0.172. The van der Waals surface area contributed by atoms with Crippen LogP contribution in [0.5, 0.6) is 0 Å². The second kappa shape index (κ2) is 6.01. The second-order valence-electron chi connectivity index (χ2n) is 8.09. The largest absolute Gasteiger partial charge is 0.330 e. The molecule has 25 heavy (non-hydrogen) atoms. The van der Waals surface area contributed by atoms with Crippen molar-refractivity contribution in [1.82, 2.24) is 14.8 Å². The van der Waals surface area contributed by atoms with Crippen LogP contribution in [-0.2, 0) is 11.3 Å². The molecule has 1 aromatic heterocycles. The van der Waals surface area contributed by atoms with Gasteiger partial charge in [-0.3, -0.25) is 14.7 Å². The van der Waals surface area contributed by atoms with Crippen molar-refractivity contribution in [2.24, 2.45) is 11.3 Å². The third-order valence-electron chi connectivity index (χ3n) is 6.16. The van der Waals surface area contributed by atoms with Gasteiger partial charge in [-0.2, -0.15) is 0 Å². The number of halogens is 2. The molecule has 2 atom stereocenters. The zero-order valence-electron chi connectivity index (χ0n) is 14.7. The Balaban J connectivity index is 1.42. The van der Waals surface area contributed by atoms with Crippen LogP contribution < -0.4 is 0 Å². The molecule has 3 heterocycles. The van der Waals surface area contributed by atoms with Gasteiger partial charge in [-0.25, -0.2) is 8.78 Å². The van der Waals surface area contributed by atoms with E-state index in [1.54, 1.807) is 0 Å². The fraction of sp³-hybridized carbons (Fsp3) is 0.684. The molecule has 2 aliphatic heterocycles. The molecular formula is C19H25F2N3O. The summed E-state index contributed by atoms with van der Waals surface area (Å²) in [4.78, 5) is 21.1. The van der Waals surface area contributed by atoms with Gasteiger partial charge in [-0.1, -0.05) is 12.5 Å². The molecule has 1 aromatic rings. The summed E-state index contributed by atoms with van der Waals surface area (Å²) in [6.07, 6.45) is 3.89. The maximum absolute atomic E-state index is 13.1. The molecule has 1 aliphatic carbocycles. The summed E-state index contributed by atoms with van der Waals surface area (Å²) in [7, 11) is 0. The van der Waals surface area contributed by atoms with Gasteiger partial charge in [0, 0.05) is 24.7 Å². The topological polar surface area (TPSA) is 36.4 Å². The van der Waals surface area contributed by atoms with Crippen LogP contribution in [0.4, 0.5) is 8.78 Å². The Bertz CT molecular complexity index is 672. The van der Waals surface area contributed by atoms with Gasteiger partial charge in [0.25, 0.3) is 5.92 Å². The van der Waals surface area contributed by atoms with E-state index in [9.17, 15) is 13.6 Å². The Kier molecular flexibility index (Phi) is 4.06. The molecule has 4 nitrogen and oxygen atoms in total. The molecular weight excluding hydrogens is 324 g/mol. The molecule has 3 aliphatic rings. The molecule has 1 spiro atoms. The van der Waals surface area contributed by atoms with Crippen LogP contribution in [0, 0.1) is 18.3 Å². The van der Waals surface area contributed by atoms with Gasteiger partial charge in [0.15, 0.2) is 0 Å². The van der Waals surface area contributed by atoms with E-state index in [-0.39, 0.29) is 17.2 Å². The molecule has 1 amide bonds. The van der Waals surface area contributed by atoms with E-state index in [4.69, 9.17) is 0 Å². The van der Waals surface area contributed by atoms with Crippen molar-refractivity contribution in [3.05, 3.63) is 29.6 Å². The number of carbonyl (C=O) groups excluding carboxylic acids is 1. The third kappa shape index (κ3) is 3.16. The number of aryl methyl sites for hydroxylation is 1. The first kappa shape index (κ1) is 16.9. The van der Waals surface area contributed by atoms with Gasteiger partial charge in [-0.05, 0) is 50.3 Å². The average molecular weight is 349 g/mol. The first-order valence-electron chi connectivity index (χ1n) is 9.18. The van der Waals surface area contributed by atoms with Crippen molar-refractivity contribution in [3.8, 4) is 0 Å². The van der Waals surface area contributed by atoms with Crippen molar-refractivity contribution in [3.63, 3.8) is 0 Å². The number of amides is 1. The Labute approximate surface area is 147 Å². The lowest BCUT2D eigenvalue weighted by Crippen LogP contribution is -2.60. The van der Waals surface area contributed by atoms with Gasteiger partial charge in [-0.15, -0.1) is 0 Å². The van der Waals surface area contributed by atoms with E-state index < -0.39 is 19.0 Å². The quantitative estimate of drug-likeness (QED) is 0.842. The van der Waals surface area contributed by atoms with E-state index >= 15 is 0 Å². The highest BCUT2D eigenvalue weighted by atomic mass is 19.3. The first-order chi connectivity index (χ1) is 11.9. The predicted molar refractivity (Wildman–Crippen MR) is 90.2 cm³/mol. The molecule has 0 unspecified atom stereocenters. The minimum absolute atomic E-state index is 0.0220. The third-order valence-corrected chi connectivity index (χ3v) is 6.16. The van der Waals surface area contributed by atoms with E-state index in [1.165, 1.54) is 4.90 Å². The number of alkyl halides is 2. The molecule has 136 valence electrons. The fourth-order valence-corrected chi connectivity index (χ4v) is 4.94. The van der Waals surface area contributed by atoms with Crippen molar-refractivity contribution in [1.29, 1.82) is 0 Å². The van der Waals surface area contributed by atoms with E-state index in [0.29, 0.717) is 0 Å². The van der Waals surface area contributed by atoms with Crippen LogP contribution >= 0.6 is 0 Å². The minimum atomic E-state index is -2.68. The highest BCUT2D eigenvalue weighted by Crippen LogP contribution is 2.51. The van der Waals surface area contributed by atoms with Gasteiger partial charge in [0.1, 0.15) is 0 Å². The highest BCUT2D eigenvalue weighted by Gasteiger charge is 2.55. The molecule has 0 radical (unpaired) electrons. The zero-order chi connectivity index (χ0) is 17.7. The number of carbonyl (C=O) groups is 1. The number of rotatable bonds is 3. The van der Waals surface area contributed by atoms with Crippen LogP contribution in [0.1, 0.15) is 37.1 Å². The molecule has 4 rings (SSSR count). The van der Waals surface area contributed by atoms with Gasteiger partial charge in [0.05, 0.1) is 18.8 Å². The smallest absolute Gasteiger partial charge is 0.282 e. The van der Waals surface area contributed by atoms with E-state index in [2.05, 4.69) is 9.88 Å². The summed E-state index contributed by atoms with van der Waals surface area (Å²) in [5.41, 5.74) is 2.05. The number of nitrogens with zero attached hydrogens (tertiary/aromatic N) is 3. The summed E-state index contributed by atoms with van der Waals surface area (Å²) in [6.45, 7) is 3.83. The molecule has 0 bridgehead atoms. The molecule has 0 N–H and O–H groups in total. The maximum Gasteiger partial charge on any atom is 0.282 e. The van der Waals surface area contributed by atoms with Crippen LogP contribution in [-0.4, -0.2) is 52.8 Å². The molecule has 2 saturated heterocycles. The zero-order valence-corrected chi connectivity index (χ0v) is 14.7. The van der Waals surface area contributed by atoms with Gasteiger partial charge >= 0.3 is 0 Å². The van der Waals surface area contributed by atoms with E-state index in [1.807, 2.05) is 25.1 Å². The summed E-state index contributed by atoms with van der Waals surface area (Å²) >= 11 is 0. The van der Waals surface area contributed by atoms with Crippen molar-refractivity contribution < 1.29 is 13.6 Å². The van der Waals surface area contributed by atoms with Gasteiger partial charge in [0.2, 0.25) is 5.91 Å². The van der Waals surface area contributed by atoms with Gasteiger partial charge < -0.3 is 4.90 Å². The van der Waals surface area contributed by atoms with Crippen LogP contribution in [0.3, 0.4) is 0 Å². The highest BCUT2D eigenvalue weighted by molar-refractivity contribution is 5.81. The minimum Gasteiger partial charge on any atom is -0.330 e. The number of hydrogen-bond donors (Lipinski definition) is 0.